The second-order valence-corrected chi connectivity index (χ2v) is 10.2. The zero-order chi connectivity index (χ0) is 25.7. The number of methoxy groups -OCH3 is 1. The largest absolute Gasteiger partial charge is 0.497 e. The Labute approximate surface area is 215 Å². The second-order valence-electron chi connectivity index (χ2n) is 9.77. The average Bonchev–Trinajstić information content (AvgIpc) is 2.87. The molecule has 4 rings (SSSR count). The van der Waals surface area contributed by atoms with Gasteiger partial charge in [-0.25, -0.2) is 13.2 Å². The minimum absolute atomic E-state index is 0.0574. The van der Waals surface area contributed by atoms with Gasteiger partial charge in [0.2, 0.25) is 0 Å². The first kappa shape index (κ1) is 26.7. The third-order valence-electron chi connectivity index (χ3n) is 7.53. The summed E-state index contributed by atoms with van der Waals surface area (Å²) in [6, 6.07) is 7.24. The maximum absolute atomic E-state index is 13.9. The van der Waals surface area contributed by atoms with Crippen LogP contribution in [0.3, 0.4) is 0 Å². The van der Waals surface area contributed by atoms with E-state index in [-0.39, 0.29) is 24.0 Å². The molecule has 1 aromatic heterocycles. The Hall–Kier alpha value is -2.35. The molecule has 8 heteroatoms. The molecule has 0 spiro atoms. The van der Waals surface area contributed by atoms with Crippen LogP contribution < -0.4 is 4.74 Å². The van der Waals surface area contributed by atoms with Crippen molar-refractivity contribution in [1.29, 1.82) is 0 Å². The first-order valence-corrected chi connectivity index (χ1v) is 12.8. The van der Waals surface area contributed by atoms with Crippen molar-refractivity contribution >= 4 is 22.5 Å². The number of hydrogen-bond donors (Lipinski definition) is 1. The van der Waals surface area contributed by atoms with Crippen LogP contribution in [-0.4, -0.2) is 48.3 Å². The summed E-state index contributed by atoms with van der Waals surface area (Å²) >= 11 is 6.50. The van der Waals surface area contributed by atoms with Crippen molar-refractivity contribution in [3.8, 4) is 5.75 Å². The SMILES string of the molecule is COc1ccc2ncc(Cl)c(CCCC3(CO)CCN(CCCc4c(F)cc(F)cc4F)CC3)c2c1. The van der Waals surface area contributed by atoms with Gasteiger partial charge >= 0.3 is 0 Å². The van der Waals surface area contributed by atoms with Gasteiger partial charge in [-0.05, 0) is 93.8 Å². The highest BCUT2D eigenvalue weighted by Gasteiger charge is 2.33. The fraction of sp³-hybridized carbons (Fsp3) is 0.464. The molecule has 1 aliphatic heterocycles. The fourth-order valence-electron chi connectivity index (χ4n) is 5.25. The van der Waals surface area contributed by atoms with Crippen molar-refractivity contribution < 1.29 is 23.0 Å². The lowest BCUT2D eigenvalue weighted by atomic mass is 9.75. The molecule has 1 N–H and O–H groups in total. The van der Waals surface area contributed by atoms with E-state index in [9.17, 15) is 18.3 Å². The highest BCUT2D eigenvalue weighted by Crippen LogP contribution is 2.37. The number of ether oxygens (including phenoxy) is 1. The maximum Gasteiger partial charge on any atom is 0.132 e. The van der Waals surface area contributed by atoms with E-state index in [2.05, 4.69) is 9.88 Å². The number of nitrogens with zero attached hydrogens (tertiary/aromatic N) is 2. The van der Waals surface area contributed by atoms with Gasteiger partial charge in [0.1, 0.15) is 23.2 Å². The predicted octanol–water partition coefficient (Wildman–Crippen LogP) is 6.34. The van der Waals surface area contributed by atoms with E-state index in [1.54, 1.807) is 13.3 Å². The number of aromatic nitrogens is 1. The molecule has 194 valence electrons. The monoisotopic (exact) mass is 520 g/mol. The molecule has 0 saturated carbocycles. The zero-order valence-electron chi connectivity index (χ0n) is 20.5. The summed E-state index contributed by atoms with van der Waals surface area (Å²) in [7, 11) is 1.63. The summed E-state index contributed by atoms with van der Waals surface area (Å²) in [5.41, 5.74) is 1.73. The molecule has 0 unspecified atom stereocenters. The van der Waals surface area contributed by atoms with Gasteiger partial charge in [0.05, 0.1) is 17.6 Å². The van der Waals surface area contributed by atoms with Gasteiger partial charge in [0.15, 0.2) is 0 Å². The minimum Gasteiger partial charge on any atom is -0.497 e. The molecule has 3 aromatic rings. The van der Waals surface area contributed by atoms with Crippen LogP contribution in [0.5, 0.6) is 5.75 Å². The topological polar surface area (TPSA) is 45.6 Å². The number of pyridine rings is 1. The van der Waals surface area contributed by atoms with Gasteiger partial charge in [0.25, 0.3) is 0 Å². The van der Waals surface area contributed by atoms with Crippen molar-refractivity contribution in [2.45, 2.75) is 44.9 Å². The number of benzene rings is 2. The lowest BCUT2D eigenvalue weighted by molar-refractivity contribution is 0.0353. The Bertz CT molecular complexity index is 1180. The van der Waals surface area contributed by atoms with E-state index in [1.807, 2.05) is 18.2 Å². The Kier molecular flexibility index (Phi) is 8.75. The number of likely N-dealkylation sites (tertiary alicyclic amines) is 1. The molecule has 1 aliphatic rings. The number of aliphatic hydroxyl groups is 1. The number of aliphatic hydroxyl groups excluding tert-OH is 1. The smallest absolute Gasteiger partial charge is 0.132 e. The molecule has 0 aliphatic carbocycles. The van der Waals surface area contributed by atoms with Gasteiger partial charge in [-0.1, -0.05) is 11.6 Å². The van der Waals surface area contributed by atoms with Crippen molar-refractivity contribution in [3.05, 3.63) is 70.1 Å². The zero-order valence-corrected chi connectivity index (χ0v) is 21.3. The van der Waals surface area contributed by atoms with Crippen LogP contribution in [0.25, 0.3) is 10.9 Å². The normalized spacial score (nSPS) is 15.9. The lowest BCUT2D eigenvalue weighted by Crippen LogP contribution is -2.42. The Morgan fingerprint density at radius 1 is 1.03 bits per heavy atom. The Balaban J connectivity index is 1.30. The molecule has 36 heavy (non-hydrogen) atoms. The quantitative estimate of drug-likeness (QED) is 0.338. The van der Waals surface area contributed by atoms with Crippen molar-refractivity contribution in [1.82, 2.24) is 9.88 Å². The molecule has 2 aromatic carbocycles. The van der Waals surface area contributed by atoms with Gasteiger partial charge in [-0.15, -0.1) is 0 Å². The highest BCUT2D eigenvalue weighted by atomic mass is 35.5. The lowest BCUT2D eigenvalue weighted by Gasteiger charge is -2.41. The number of hydrogen-bond acceptors (Lipinski definition) is 4. The number of fused-ring (bicyclic) bond motifs is 1. The van der Waals surface area contributed by atoms with E-state index < -0.39 is 17.5 Å². The van der Waals surface area contributed by atoms with Gasteiger partial charge in [0, 0.05) is 35.9 Å². The van der Waals surface area contributed by atoms with Crippen molar-refractivity contribution in [3.63, 3.8) is 0 Å². The highest BCUT2D eigenvalue weighted by molar-refractivity contribution is 6.32. The Morgan fingerprint density at radius 3 is 2.39 bits per heavy atom. The molecule has 1 saturated heterocycles. The summed E-state index contributed by atoms with van der Waals surface area (Å²) in [4.78, 5) is 6.69. The van der Waals surface area contributed by atoms with E-state index >= 15 is 0 Å². The molecule has 1 fully saturated rings. The van der Waals surface area contributed by atoms with Crippen molar-refractivity contribution in [2.75, 3.05) is 33.4 Å². The maximum atomic E-state index is 13.9. The van der Waals surface area contributed by atoms with E-state index in [0.717, 1.165) is 79.5 Å². The molecule has 4 nitrogen and oxygen atoms in total. The minimum atomic E-state index is -0.899. The Morgan fingerprint density at radius 2 is 1.72 bits per heavy atom. The average molecular weight is 521 g/mol. The number of aryl methyl sites for hydroxylation is 1. The van der Waals surface area contributed by atoms with E-state index in [0.29, 0.717) is 18.0 Å². The van der Waals surface area contributed by atoms with Crippen LogP contribution in [0.1, 0.15) is 43.2 Å². The predicted molar refractivity (Wildman–Crippen MR) is 136 cm³/mol. The molecular formula is C28H32ClF3N2O2. The van der Waals surface area contributed by atoms with Gasteiger partial charge in [-0.2, -0.15) is 0 Å². The van der Waals surface area contributed by atoms with Crippen LogP contribution in [-0.2, 0) is 12.8 Å². The summed E-state index contributed by atoms with van der Waals surface area (Å²) in [5, 5.41) is 11.9. The summed E-state index contributed by atoms with van der Waals surface area (Å²) in [5.74, 6) is -1.79. The second kappa shape index (κ2) is 11.8. The third-order valence-corrected chi connectivity index (χ3v) is 7.85. The van der Waals surface area contributed by atoms with Gasteiger partial charge in [-0.3, -0.25) is 4.98 Å². The van der Waals surface area contributed by atoms with Crippen molar-refractivity contribution in [2.24, 2.45) is 5.41 Å². The first-order chi connectivity index (χ1) is 17.3. The third kappa shape index (κ3) is 6.13. The fourth-order valence-corrected chi connectivity index (χ4v) is 5.50. The van der Waals surface area contributed by atoms with E-state index in [4.69, 9.17) is 16.3 Å². The van der Waals surface area contributed by atoms with Gasteiger partial charge < -0.3 is 14.7 Å². The van der Waals surface area contributed by atoms with Crippen LogP contribution in [0.15, 0.2) is 36.5 Å². The molecule has 0 radical (unpaired) electrons. The summed E-state index contributed by atoms with van der Waals surface area (Å²) < 4.78 is 46.2. The first-order valence-electron chi connectivity index (χ1n) is 12.4. The molecule has 2 heterocycles. The number of halogens is 4. The number of rotatable bonds is 10. The number of piperidine rings is 1. The van der Waals surface area contributed by atoms with Crippen LogP contribution in [0, 0.1) is 22.9 Å². The molecule has 0 bridgehead atoms. The van der Waals surface area contributed by atoms with E-state index in [1.165, 1.54) is 0 Å². The standard InChI is InChI=1S/C28H32ClF3N2O2/c1-36-20-6-7-27-23(16-20)21(24(29)17-33-27)4-2-8-28(18-35)9-12-34(13-10-28)11-3-5-22-25(31)14-19(30)15-26(22)32/h6-7,14-17,35H,2-5,8-13,18H2,1H3. The summed E-state index contributed by atoms with van der Waals surface area (Å²) in [6.45, 7) is 2.49. The molecule has 0 amide bonds. The van der Waals surface area contributed by atoms with Crippen LogP contribution in [0.2, 0.25) is 5.02 Å². The molecular weight excluding hydrogens is 489 g/mol. The summed E-state index contributed by atoms with van der Waals surface area (Å²) in [6.07, 6.45) is 6.78. The molecule has 0 atom stereocenters. The van der Waals surface area contributed by atoms with Crippen LogP contribution in [0.4, 0.5) is 13.2 Å². The van der Waals surface area contributed by atoms with Crippen LogP contribution >= 0.6 is 11.6 Å².